The Bertz CT molecular complexity index is 151. The number of esters is 1. The molecule has 1 rings (SSSR count). The molecule has 1 saturated heterocycles. The molecule has 0 aromatic heterocycles. The zero-order chi connectivity index (χ0) is 8.97. The van der Waals surface area contributed by atoms with Crippen LogP contribution in [0.3, 0.4) is 0 Å². The van der Waals surface area contributed by atoms with Gasteiger partial charge in [-0.3, -0.25) is 4.79 Å². The largest absolute Gasteiger partial charge is 0.469 e. The molecule has 0 saturated carbocycles. The molecule has 0 aromatic carbocycles. The van der Waals surface area contributed by atoms with Crippen LogP contribution >= 0.6 is 0 Å². The van der Waals surface area contributed by atoms with Crippen LogP contribution in [0.15, 0.2) is 0 Å². The van der Waals surface area contributed by atoms with Crippen molar-refractivity contribution in [3.63, 3.8) is 0 Å². The topological polar surface area (TPSA) is 44.8 Å². The zero-order valence-corrected chi connectivity index (χ0v) is 7.41. The van der Waals surface area contributed by atoms with Gasteiger partial charge in [-0.2, -0.15) is 0 Å². The maximum absolute atomic E-state index is 11.1. The lowest BCUT2D eigenvalue weighted by molar-refractivity contribution is -0.159. The number of ether oxygens (including phenoxy) is 3. The Balaban J connectivity index is 2.39. The van der Waals surface area contributed by atoms with Gasteiger partial charge in [0.05, 0.1) is 39.0 Å². The van der Waals surface area contributed by atoms with Crippen LogP contribution in [0.1, 0.15) is 6.92 Å². The van der Waals surface area contributed by atoms with E-state index in [2.05, 4.69) is 4.74 Å². The van der Waals surface area contributed by atoms with Crippen LogP contribution in [0.2, 0.25) is 0 Å². The predicted octanol–water partition coefficient (Wildman–Crippen LogP) is 0.211. The van der Waals surface area contributed by atoms with Gasteiger partial charge >= 0.3 is 5.97 Å². The fourth-order valence-corrected chi connectivity index (χ4v) is 1.13. The third-order valence-electron chi connectivity index (χ3n) is 1.97. The highest BCUT2D eigenvalue weighted by molar-refractivity contribution is 5.72. The Morgan fingerprint density at radius 1 is 1.58 bits per heavy atom. The molecule has 1 aliphatic rings. The normalized spacial score (nSPS) is 26.3. The zero-order valence-electron chi connectivity index (χ0n) is 7.41. The highest BCUT2D eigenvalue weighted by Crippen LogP contribution is 2.12. The Morgan fingerprint density at radius 3 is 2.83 bits per heavy atom. The molecule has 0 N–H and O–H groups in total. The minimum Gasteiger partial charge on any atom is -0.469 e. The lowest BCUT2D eigenvalue weighted by atomic mass is 10.1. The van der Waals surface area contributed by atoms with Gasteiger partial charge in [0.1, 0.15) is 0 Å². The minimum absolute atomic E-state index is 0.147. The second-order valence-corrected chi connectivity index (χ2v) is 2.80. The second-order valence-electron chi connectivity index (χ2n) is 2.80. The molecule has 70 valence electrons. The van der Waals surface area contributed by atoms with Crippen molar-refractivity contribution in [2.75, 3.05) is 26.9 Å². The Labute approximate surface area is 71.8 Å². The van der Waals surface area contributed by atoms with Gasteiger partial charge in [-0.05, 0) is 6.92 Å². The summed E-state index contributed by atoms with van der Waals surface area (Å²) in [5.41, 5.74) is 0. The van der Waals surface area contributed by atoms with E-state index in [1.165, 1.54) is 7.11 Å². The summed E-state index contributed by atoms with van der Waals surface area (Å²) in [5, 5.41) is 0. The van der Waals surface area contributed by atoms with Crippen molar-refractivity contribution in [3.8, 4) is 0 Å². The van der Waals surface area contributed by atoms with Gasteiger partial charge in [-0.1, -0.05) is 0 Å². The van der Waals surface area contributed by atoms with Gasteiger partial charge in [-0.25, -0.2) is 0 Å². The molecular formula is C8H14O4. The molecule has 1 fully saturated rings. The summed E-state index contributed by atoms with van der Waals surface area (Å²) < 4.78 is 15.1. The molecule has 1 heterocycles. The SMILES string of the molecule is COC(=O)C(C)C1COCCO1. The average Bonchev–Trinajstić information content (AvgIpc) is 2.17. The first-order chi connectivity index (χ1) is 5.75. The van der Waals surface area contributed by atoms with Gasteiger partial charge in [0.25, 0.3) is 0 Å². The predicted molar refractivity (Wildman–Crippen MR) is 41.7 cm³/mol. The minimum atomic E-state index is -0.245. The van der Waals surface area contributed by atoms with Crippen molar-refractivity contribution in [2.45, 2.75) is 13.0 Å². The number of hydrogen-bond donors (Lipinski definition) is 0. The van der Waals surface area contributed by atoms with E-state index in [0.29, 0.717) is 19.8 Å². The lowest BCUT2D eigenvalue weighted by Crippen LogP contribution is -2.37. The lowest BCUT2D eigenvalue weighted by Gasteiger charge is -2.26. The summed E-state index contributed by atoms with van der Waals surface area (Å²) in [6.45, 7) is 3.44. The summed E-state index contributed by atoms with van der Waals surface area (Å²) in [7, 11) is 1.38. The molecular weight excluding hydrogens is 160 g/mol. The highest BCUT2D eigenvalue weighted by Gasteiger charge is 2.27. The van der Waals surface area contributed by atoms with Crippen LogP contribution in [-0.4, -0.2) is 39.0 Å². The number of methoxy groups -OCH3 is 1. The first-order valence-electron chi connectivity index (χ1n) is 4.03. The van der Waals surface area contributed by atoms with Crippen molar-refractivity contribution in [1.29, 1.82) is 0 Å². The third-order valence-corrected chi connectivity index (χ3v) is 1.97. The van der Waals surface area contributed by atoms with E-state index in [0.717, 1.165) is 0 Å². The molecule has 0 bridgehead atoms. The van der Waals surface area contributed by atoms with Crippen molar-refractivity contribution in [3.05, 3.63) is 0 Å². The summed E-state index contributed by atoms with van der Waals surface area (Å²) in [6.07, 6.45) is -0.147. The molecule has 2 unspecified atom stereocenters. The van der Waals surface area contributed by atoms with Crippen LogP contribution in [0.25, 0.3) is 0 Å². The van der Waals surface area contributed by atoms with E-state index in [4.69, 9.17) is 9.47 Å². The molecule has 12 heavy (non-hydrogen) atoms. The Hall–Kier alpha value is -0.610. The fraction of sp³-hybridized carbons (Fsp3) is 0.875. The van der Waals surface area contributed by atoms with Crippen LogP contribution < -0.4 is 0 Å². The maximum atomic E-state index is 11.1. The van der Waals surface area contributed by atoms with Crippen LogP contribution in [-0.2, 0) is 19.0 Å². The molecule has 2 atom stereocenters. The monoisotopic (exact) mass is 174 g/mol. The third kappa shape index (κ3) is 2.19. The van der Waals surface area contributed by atoms with Crippen LogP contribution in [0.5, 0.6) is 0 Å². The molecule has 0 aromatic rings. The van der Waals surface area contributed by atoms with E-state index in [9.17, 15) is 4.79 Å². The first kappa shape index (κ1) is 9.48. The highest BCUT2D eigenvalue weighted by atomic mass is 16.6. The number of carbonyl (C=O) groups excluding carboxylic acids is 1. The van der Waals surface area contributed by atoms with Crippen molar-refractivity contribution >= 4 is 5.97 Å². The molecule has 0 spiro atoms. The standard InChI is InChI=1S/C8H14O4/c1-6(8(9)10-2)7-5-11-3-4-12-7/h6-7H,3-5H2,1-2H3. The summed E-state index contributed by atoms with van der Waals surface area (Å²) in [6, 6.07) is 0. The second kappa shape index (κ2) is 4.42. The molecule has 0 amide bonds. The Morgan fingerprint density at radius 2 is 2.33 bits per heavy atom. The van der Waals surface area contributed by atoms with E-state index in [1.54, 1.807) is 6.92 Å². The molecule has 4 heteroatoms. The fourth-order valence-electron chi connectivity index (χ4n) is 1.13. The number of hydrogen-bond acceptors (Lipinski definition) is 4. The van der Waals surface area contributed by atoms with Crippen molar-refractivity contribution in [1.82, 2.24) is 0 Å². The average molecular weight is 174 g/mol. The Kier molecular flexibility index (Phi) is 3.49. The summed E-state index contributed by atoms with van der Waals surface area (Å²) in [5.74, 6) is -0.485. The van der Waals surface area contributed by atoms with Crippen molar-refractivity contribution < 1.29 is 19.0 Å². The quantitative estimate of drug-likeness (QED) is 0.561. The molecule has 4 nitrogen and oxygen atoms in total. The molecule has 0 aliphatic carbocycles. The van der Waals surface area contributed by atoms with E-state index < -0.39 is 0 Å². The van der Waals surface area contributed by atoms with Gasteiger partial charge in [0.15, 0.2) is 0 Å². The van der Waals surface area contributed by atoms with Crippen LogP contribution in [0, 0.1) is 5.92 Å². The van der Waals surface area contributed by atoms with E-state index in [1.807, 2.05) is 0 Å². The van der Waals surface area contributed by atoms with Crippen LogP contribution in [0.4, 0.5) is 0 Å². The van der Waals surface area contributed by atoms with Gasteiger partial charge in [-0.15, -0.1) is 0 Å². The molecule has 0 radical (unpaired) electrons. The number of rotatable bonds is 2. The summed E-state index contributed by atoms with van der Waals surface area (Å²) >= 11 is 0. The van der Waals surface area contributed by atoms with Crippen molar-refractivity contribution in [2.24, 2.45) is 5.92 Å². The maximum Gasteiger partial charge on any atom is 0.311 e. The van der Waals surface area contributed by atoms with Gasteiger partial charge < -0.3 is 14.2 Å². The van der Waals surface area contributed by atoms with E-state index in [-0.39, 0.29) is 18.0 Å². The first-order valence-corrected chi connectivity index (χ1v) is 4.03. The number of carbonyl (C=O) groups is 1. The van der Waals surface area contributed by atoms with Gasteiger partial charge in [0, 0.05) is 0 Å². The summed E-state index contributed by atoms with van der Waals surface area (Å²) in [4.78, 5) is 11.1. The smallest absolute Gasteiger partial charge is 0.311 e. The van der Waals surface area contributed by atoms with Gasteiger partial charge in [0.2, 0.25) is 0 Å². The van der Waals surface area contributed by atoms with E-state index >= 15 is 0 Å². The molecule has 1 aliphatic heterocycles.